The Kier molecular flexibility index (Phi) is 4.00. The van der Waals surface area contributed by atoms with Gasteiger partial charge in [-0.2, -0.15) is 4.98 Å². The Bertz CT molecular complexity index is 574. The first-order chi connectivity index (χ1) is 9.79. The van der Waals surface area contributed by atoms with Gasteiger partial charge in [0.15, 0.2) is 0 Å². The molecular weight excluding hydrogens is 278 g/mol. The van der Waals surface area contributed by atoms with Gasteiger partial charge >= 0.3 is 0 Å². The number of hydrogen-bond acceptors (Lipinski definition) is 5. The predicted octanol–water partition coefficient (Wildman–Crippen LogP) is 1.91. The number of alkyl halides is 1. The van der Waals surface area contributed by atoms with E-state index >= 15 is 0 Å². The van der Waals surface area contributed by atoms with Crippen LogP contribution in [0.2, 0.25) is 0 Å². The summed E-state index contributed by atoms with van der Waals surface area (Å²) < 4.78 is 4.82. The van der Waals surface area contributed by atoms with Crippen LogP contribution in [0.1, 0.15) is 23.6 Å². The van der Waals surface area contributed by atoms with Gasteiger partial charge in [-0.3, -0.25) is 0 Å². The lowest BCUT2D eigenvalue weighted by atomic mass is 10.0. The Morgan fingerprint density at radius 2 is 2.40 bits per heavy atom. The number of rotatable bonds is 5. The number of nitrogens with one attached hydrogen (secondary N) is 1. The third kappa shape index (κ3) is 2.57. The molecule has 1 aromatic carbocycles. The Hall–Kier alpha value is -1.43. The van der Waals surface area contributed by atoms with Gasteiger partial charge in [0.2, 0.25) is 12.2 Å². The molecule has 20 heavy (non-hydrogen) atoms. The molecule has 1 aliphatic rings. The molecule has 2 atom stereocenters. The molecule has 0 saturated carbocycles. The van der Waals surface area contributed by atoms with E-state index in [1.54, 1.807) is 0 Å². The van der Waals surface area contributed by atoms with E-state index in [0.717, 1.165) is 18.4 Å². The minimum absolute atomic E-state index is 0.245. The number of benzene rings is 1. The Morgan fingerprint density at radius 3 is 3.15 bits per heavy atom. The molecule has 2 N–H and O–H groups in total. The first-order valence-corrected chi connectivity index (χ1v) is 7.19. The number of nitrogens with zero attached hydrogens (tertiary/aromatic N) is 2. The number of hydrogen-bond donors (Lipinski definition) is 2. The van der Waals surface area contributed by atoms with Crippen LogP contribution in [0.15, 0.2) is 29.1 Å². The quantitative estimate of drug-likeness (QED) is 0.824. The fourth-order valence-electron chi connectivity index (χ4n) is 2.70. The van der Waals surface area contributed by atoms with Gasteiger partial charge in [-0.15, -0.1) is 11.6 Å². The van der Waals surface area contributed by atoms with E-state index < -0.39 is 6.10 Å². The van der Waals surface area contributed by atoms with Crippen molar-refractivity contribution in [2.75, 3.05) is 12.4 Å². The van der Waals surface area contributed by atoms with Crippen molar-refractivity contribution < 1.29 is 9.63 Å². The number of aromatic nitrogens is 2. The molecule has 0 spiro atoms. The lowest BCUT2D eigenvalue weighted by Gasteiger charge is -2.16. The third-order valence-corrected chi connectivity index (χ3v) is 4.01. The molecule has 106 valence electrons. The van der Waals surface area contributed by atoms with E-state index in [4.69, 9.17) is 16.1 Å². The Labute approximate surface area is 122 Å². The van der Waals surface area contributed by atoms with Crippen LogP contribution < -0.4 is 5.32 Å². The summed E-state index contributed by atoms with van der Waals surface area (Å²) in [6, 6.07) is 6.37. The van der Waals surface area contributed by atoms with Crippen LogP contribution in [-0.2, 0) is 6.42 Å². The van der Waals surface area contributed by atoms with Gasteiger partial charge in [0.05, 0.1) is 6.10 Å². The third-order valence-electron chi connectivity index (χ3n) is 3.65. The summed E-state index contributed by atoms with van der Waals surface area (Å²) in [5.74, 6) is 0.874. The standard InChI is InChI=1S/C14H16ClN3O2/c15-6-9(19)7-16-13-5-4-10-11(13)2-1-3-12(10)14-17-8-20-18-14/h1-3,8-9,13,16,19H,4-7H2/t9?,13-/m1/s1. The molecular formula is C14H16ClN3O2. The van der Waals surface area contributed by atoms with Crippen LogP contribution in [-0.4, -0.2) is 33.8 Å². The van der Waals surface area contributed by atoms with Crippen molar-refractivity contribution in [1.82, 2.24) is 15.5 Å². The zero-order valence-electron chi connectivity index (χ0n) is 10.9. The highest BCUT2D eigenvalue weighted by Crippen LogP contribution is 2.36. The Morgan fingerprint density at radius 1 is 1.50 bits per heavy atom. The zero-order valence-corrected chi connectivity index (χ0v) is 11.7. The van der Waals surface area contributed by atoms with Crippen LogP contribution in [0.4, 0.5) is 0 Å². The van der Waals surface area contributed by atoms with Crippen LogP contribution in [0.3, 0.4) is 0 Å². The molecule has 0 fully saturated rings. The first kappa shape index (κ1) is 13.5. The van der Waals surface area contributed by atoms with Crippen LogP contribution in [0.5, 0.6) is 0 Å². The highest BCUT2D eigenvalue weighted by atomic mass is 35.5. The summed E-state index contributed by atoms with van der Waals surface area (Å²) in [6.45, 7) is 0.500. The molecule has 0 bridgehead atoms. The second-order valence-corrected chi connectivity index (χ2v) is 5.24. The van der Waals surface area contributed by atoms with E-state index in [1.165, 1.54) is 17.5 Å². The number of aliphatic hydroxyl groups is 1. The van der Waals surface area contributed by atoms with Gasteiger partial charge in [-0.1, -0.05) is 23.4 Å². The minimum Gasteiger partial charge on any atom is -0.391 e. The summed E-state index contributed by atoms with van der Waals surface area (Å²) in [5, 5.41) is 16.8. The molecule has 5 nitrogen and oxygen atoms in total. The highest BCUT2D eigenvalue weighted by molar-refractivity contribution is 6.18. The van der Waals surface area contributed by atoms with Crippen molar-refractivity contribution in [3.63, 3.8) is 0 Å². The fraction of sp³-hybridized carbons (Fsp3) is 0.429. The molecule has 2 aromatic rings. The van der Waals surface area contributed by atoms with Gasteiger partial charge < -0.3 is 14.9 Å². The number of aliphatic hydroxyl groups excluding tert-OH is 1. The minimum atomic E-state index is -0.513. The predicted molar refractivity (Wildman–Crippen MR) is 75.5 cm³/mol. The maximum atomic E-state index is 9.54. The van der Waals surface area contributed by atoms with Crippen LogP contribution >= 0.6 is 11.6 Å². The molecule has 0 radical (unpaired) electrons. The number of halogens is 1. The van der Waals surface area contributed by atoms with E-state index in [0.29, 0.717) is 12.4 Å². The van der Waals surface area contributed by atoms with Crippen molar-refractivity contribution >= 4 is 11.6 Å². The van der Waals surface area contributed by atoms with Gasteiger partial charge in [-0.05, 0) is 24.0 Å². The van der Waals surface area contributed by atoms with E-state index in [2.05, 4.69) is 21.5 Å². The van der Waals surface area contributed by atoms with E-state index in [-0.39, 0.29) is 11.9 Å². The summed E-state index contributed by atoms with van der Waals surface area (Å²) in [7, 11) is 0. The van der Waals surface area contributed by atoms with Crippen LogP contribution in [0, 0.1) is 0 Å². The molecule has 6 heteroatoms. The molecule has 1 aromatic heterocycles. The lowest BCUT2D eigenvalue weighted by Crippen LogP contribution is -2.30. The number of fused-ring (bicyclic) bond motifs is 1. The smallest absolute Gasteiger partial charge is 0.214 e. The normalized spacial score (nSPS) is 19.0. The van der Waals surface area contributed by atoms with Gasteiger partial charge in [0, 0.05) is 24.0 Å². The molecule has 0 saturated heterocycles. The lowest BCUT2D eigenvalue weighted by molar-refractivity contribution is 0.189. The SMILES string of the molecule is OC(CCl)CN[C@@H]1CCc2c(-c3ncon3)cccc21. The fourth-order valence-corrected chi connectivity index (χ4v) is 2.81. The molecule has 1 aliphatic carbocycles. The van der Waals surface area contributed by atoms with Crippen LogP contribution in [0.25, 0.3) is 11.4 Å². The molecule has 1 heterocycles. The van der Waals surface area contributed by atoms with Crippen molar-refractivity contribution in [3.8, 4) is 11.4 Å². The van der Waals surface area contributed by atoms with Gasteiger partial charge in [-0.25, -0.2) is 0 Å². The average molecular weight is 294 g/mol. The molecule has 3 rings (SSSR count). The second-order valence-electron chi connectivity index (χ2n) is 4.94. The summed E-state index contributed by atoms with van der Waals surface area (Å²) in [5.41, 5.74) is 3.53. The zero-order chi connectivity index (χ0) is 13.9. The van der Waals surface area contributed by atoms with Crippen molar-refractivity contribution in [2.24, 2.45) is 0 Å². The maximum absolute atomic E-state index is 9.54. The van der Waals surface area contributed by atoms with Crippen molar-refractivity contribution in [3.05, 3.63) is 35.7 Å². The molecule has 0 aliphatic heterocycles. The van der Waals surface area contributed by atoms with E-state index in [9.17, 15) is 5.11 Å². The second kappa shape index (κ2) is 5.91. The first-order valence-electron chi connectivity index (χ1n) is 6.65. The van der Waals surface area contributed by atoms with Gasteiger partial charge in [0.25, 0.3) is 0 Å². The summed E-state index contributed by atoms with van der Waals surface area (Å²) >= 11 is 5.61. The topological polar surface area (TPSA) is 71.2 Å². The van der Waals surface area contributed by atoms with E-state index in [1.807, 2.05) is 12.1 Å². The summed E-state index contributed by atoms with van der Waals surface area (Å²) in [6.07, 6.45) is 2.80. The van der Waals surface area contributed by atoms with Crippen molar-refractivity contribution in [1.29, 1.82) is 0 Å². The Balaban J connectivity index is 1.82. The highest BCUT2D eigenvalue weighted by Gasteiger charge is 2.26. The molecule has 1 unspecified atom stereocenters. The average Bonchev–Trinajstić information content (AvgIpc) is 3.13. The van der Waals surface area contributed by atoms with Gasteiger partial charge in [0.1, 0.15) is 0 Å². The summed E-state index contributed by atoms with van der Waals surface area (Å²) in [4.78, 5) is 4.12. The molecule has 0 amide bonds. The van der Waals surface area contributed by atoms with Crippen molar-refractivity contribution in [2.45, 2.75) is 25.0 Å². The largest absolute Gasteiger partial charge is 0.391 e. The monoisotopic (exact) mass is 293 g/mol. The maximum Gasteiger partial charge on any atom is 0.214 e.